The minimum atomic E-state index is -0.346. The van der Waals surface area contributed by atoms with E-state index in [1.54, 1.807) is 0 Å². The summed E-state index contributed by atoms with van der Waals surface area (Å²) in [7, 11) is 0. The van der Waals surface area contributed by atoms with E-state index in [2.05, 4.69) is 57.4 Å². The van der Waals surface area contributed by atoms with E-state index in [0.717, 1.165) is 30.2 Å². The van der Waals surface area contributed by atoms with Crippen molar-refractivity contribution in [3.63, 3.8) is 0 Å². The molecule has 0 saturated heterocycles. The summed E-state index contributed by atoms with van der Waals surface area (Å²) in [5.74, 6) is 0.673. The van der Waals surface area contributed by atoms with Crippen LogP contribution in [0.3, 0.4) is 0 Å². The number of hydrogen-bond acceptors (Lipinski definition) is 2. The first-order chi connectivity index (χ1) is 15.8. The van der Waals surface area contributed by atoms with Gasteiger partial charge in [0.25, 0.3) is 5.91 Å². The molecule has 35 heavy (non-hydrogen) atoms. The van der Waals surface area contributed by atoms with E-state index in [1.807, 2.05) is 66.7 Å². The highest BCUT2D eigenvalue weighted by atomic mass is 35.5. The lowest BCUT2D eigenvalue weighted by Crippen LogP contribution is -3.22. The zero-order valence-corrected chi connectivity index (χ0v) is 22.7. The van der Waals surface area contributed by atoms with Gasteiger partial charge in [0.2, 0.25) is 5.72 Å². The average Bonchev–Trinajstić information content (AvgIpc) is 2.79. The van der Waals surface area contributed by atoms with Gasteiger partial charge in [-0.2, -0.15) is 0 Å². The normalized spacial score (nSPS) is 11.7. The Bertz CT molecular complexity index is 1040. The molecule has 0 aliphatic heterocycles. The van der Waals surface area contributed by atoms with Gasteiger partial charge in [-0.1, -0.05) is 42.5 Å². The molecule has 0 aliphatic carbocycles. The van der Waals surface area contributed by atoms with Gasteiger partial charge in [0, 0.05) is 25.1 Å². The zero-order chi connectivity index (χ0) is 23.8. The van der Waals surface area contributed by atoms with Gasteiger partial charge in [0.1, 0.15) is 23.5 Å². The summed E-state index contributed by atoms with van der Waals surface area (Å²) >= 11 is 0. The Kier molecular flexibility index (Phi) is 12.3. The first-order valence-electron chi connectivity index (χ1n) is 11.7. The Balaban J connectivity index is 0.00000306. The van der Waals surface area contributed by atoms with Crippen molar-refractivity contribution in [3.8, 4) is 5.75 Å². The molecule has 0 heterocycles. The van der Waals surface area contributed by atoms with Crippen molar-refractivity contribution >= 4 is 17.3 Å². The standard InChI is InChI=1S/C28H35N3O2.2ClH/c1-6-31(21(2)3)28(4,5)33-24-18-16-23(17-19-24)30-27(32)25-14-10-11-15-26(25)29-20-22-12-8-7-9-13-22;;/h7-19,21,29H,6,20H2,1-5H3,(H,30,32);2*1H. The van der Waals surface area contributed by atoms with E-state index >= 15 is 0 Å². The Morgan fingerprint density at radius 3 is 2.14 bits per heavy atom. The van der Waals surface area contributed by atoms with Gasteiger partial charge in [-0.3, -0.25) is 9.69 Å². The number of halogens is 2. The number of hydrogen-bond donors (Lipinski definition) is 3. The minimum absolute atomic E-state index is 0. The number of ether oxygens (including phenoxy) is 1. The molecular formula is C28H37Cl2N3O2. The maximum Gasteiger partial charge on any atom is 0.261 e. The Labute approximate surface area is 222 Å². The van der Waals surface area contributed by atoms with Gasteiger partial charge in [0.05, 0.1) is 12.6 Å². The van der Waals surface area contributed by atoms with Crippen LogP contribution in [0, 0.1) is 0 Å². The number of carbonyl (C=O) groups is 1. The van der Waals surface area contributed by atoms with E-state index in [9.17, 15) is 4.79 Å². The monoisotopic (exact) mass is 517 g/mol. The highest BCUT2D eigenvalue weighted by molar-refractivity contribution is 6.06. The average molecular weight is 519 g/mol. The van der Waals surface area contributed by atoms with Crippen molar-refractivity contribution in [2.24, 2.45) is 0 Å². The lowest BCUT2D eigenvalue weighted by atomic mass is 10.1. The van der Waals surface area contributed by atoms with Crippen LogP contribution in [0.4, 0.5) is 11.4 Å². The third-order valence-electron chi connectivity index (χ3n) is 5.94. The van der Waals surface area contributed by atoms with Gasteiger partial charge < -0.3 is 40.2 Å². The summed E-state index contributed by atoms with van der Waals surface area (Å²) in [6.45, 7) is 12.6. The molecule has 0 aromatic heterocycles. The summed E-state index contributed by atoms with van der Waals surface area (Å²) in [6.07, 6.45) is 0. The summed E-state index contributed by atoms with van der Waals surface area (Å²) in [4.78, 5) is 14.4. The number of benzene rings is 3. The summed E-state index contributed by atoms with van der Waals surface area (Å²) in [6, 6.07) is 26.0. The second-order valence-corrected chi connectivity index (χ2v) is 9.11. The fourth-order valence-corrected chi connectivity index (χ4v) is 4.42. The molecule has 190 valence electrons. The molecule has 7 heteroatoms. The zero-order valence-electron chi connectivity index (χ0n) is 21.1. The molecule has 0 spiro atoms. The molecule has 4 N–H and O–H groups in total. The van der Waals surface area contributed by atoms with Crippen LogP contribution >= 0.6 is 0 Å². The van der Waals surface area contributed by atoms with E-state index in [4.69, 9.17) is 4.74 Å². The van der Waals surface area contributed by atoms with Gasteiger partial charge in [-0.05, 0) is 57.2 Å². The molecule has 3 aromatic rings. The van der Waals surface area contributed by atoms with Crippen molar-refractivity contribution in [1.82, 2.24) is 0 Å². The van der Waals surface area contributed by atoms with Crippen LogP contribution in [0.1, 0.15) is 50.5 Å². The molecule has 0 aliphatic rings. The first kappa shape index (κ1) is 30.5. The Hall–Kier alpha value is -2.57. The third kappa shape index (κ3) is 8.55. The second kappa shape index (κ2) is 14.1. The Morgan fingerprint density at radius 2 is 1.54 bits per heavy atom. The smallest absolute Gasteiger partial charge is 0.261 e. The van der Waals surface area contributed by atoms with E-state index in [0.29, 0.717) is 11.6 Å². The van der Waals surface area contributed by atoms with Gasteiger partial charge in [0.15, 0.2) is 0 Å². The van der Waals surface area contributed by atoms with Gasteiger partial charge in [-0.15, -0.1) is 0 Å². The van der Waals surface area contributed by atoms with Gasteiger partial charge >= 0.3 is 0 Å². The topological polar surface area (TPSA) is 59.4 Å². The molecule has 3 aromatic carbocycles. The number of quaternary nitrogens is 2. The van der Waals surface area contributed by atoms with Crippen LogP contribution in [0.25, 0.3) is 0 Å². The van der Waals surface area contributed by atoms with Crippen LogP contribution in [-0.4, -0.2) is 24.2 Å². The summed E-state index contributed by atoms with van der Waals surface area (Å²) < 4.78 is 6.30. The van der Waals surface area contributed by atoms with Crippen LogP contribution in [-0.2, 0) is 6.54 Å². The number of rotatable bonds is 10. The minimum Gasteiger partial charge on any atom is -1.00 e. The maximum atomic E-state index is 13.0. The lowest BCUT2D eigenvalue weighted by Gasteiger charge is -2.37. The molecule has 0 bridgehead atoms. The quantitative estimate of drug-likeness (QED) is 0.210. The van der Waals surface area contributed by atoms with Crippen LogP contribution in [0.2, 0.25) is 0 Å². The highest BCUT2D eigenvalue weighted by Gasteiger charge is 2.33. The van der Waals surface area contributed by atoms with Crippen molar-refractivity contribution in [3.05, 3.63) is 90.0 Å². The fourth-order valence-electron chi connectivity index (χ4n) is 4.42. The fraction of sp³-hybridized carbons (Fsp3) is 0.321. The van der Waals surface area contributed by atoms with E-state index in [1.165, 1.54) is 10.5 Å². The molecule has 5 nitrogen and oxygen atoms in total. The summed E-state index contributed by atoms with van der Waals surface area (Å²) in [5.41, 5.74) is 3.20. The number of nitrogens with two attached hydrogens (primary N) is 1. The number of carbonyl (C=O) groups excluding carboxylic acids is 1. The van der Waals surface area contributed by atoms with Crippen LogP contribution < -0.4 is 45.1 Å². The van der Waals surface area contributed by atoms with Crippen LogP contribution in [0.15, 0.2) is 78.9 Å². The predicted octanol–water partition coefficient (Wildman–Crippen LogP) is -2.23. The third-order valence-corrected chi connectivity index (χ3v) is 5.94. The molecule has 0 saturated carbocycles. The number of amides is 1. The summed E-state index contributed by atoms with van der Waals surface area (Å²) in [5, 5.41) is 5.12. The number of anilines is 1. The van der Waals surface area contributed by atoms with Crippen molar-refractivity contribution in [2.75, 3.05) is 11.9 Å². The molecular weight excluding hydrogens is 481 g/mol. The lowest BCUT2D eigenvalue weighted by molar-refractivity contribution is -0.986. The van der Waals surface area contributed by atoms with Crippen molar-refractivity contribution in [1.29, 1.82) is 0 Å². The molecule has 1 atom stereocenters. The van der Waals surface area contributed by atoms with Crippen LogP contribution in [0.5, 0.6) is 5.75 Å². The molecule has 0 fully saturated rings. The largest absolute Gasteiger partial charge is 1.00 e. The first-order valence-corrected chi connectivity index (χ1v) is 11.7. The molecule has 0 radical (unpaired) electrons. The molecule has 1 unspecified atom stereocenters. The SMILES string of the molecule is CC[NH+](C(C)C)C(C)(C)Oc1ccc(NC(=O)c2ccccc2[NH2+]Cc2ccccc2)cc1.[Cl-].[Cl-]. The number of para-hydroxylation sites is 1. The van der Waals surface area contributed by atoms with Crippen molar-refractivity contribution in [2.45, 2.75) is 52.9 Å². The maximum absolute atomic E-state index is 13.0. The number of nitrogens with one attached hydrogen (secondary N) is 2. The van der Waals surface area contributed by atoms with E-state index < -0.39 is 0 Å². The highest BCUT2D eigenvalue weighted by Crippen LogP contribution is 2.20. The molecule has 3 rings (SSSR count). The van der Waals surface area contributed by atoms with E-state index in [-0.39, 0.29) is 36.4 Å². The molecule has 1 amide bonds. The van der Waals surface area contributed by atoms with Gasteiger partial charge in [-0.25, -0.2) is 0 Å². The predicted molar refractivity (Wildman–Crippen MR) is 134 cm³/mol. The second-order valence-electron chi connectivity index (χ2n) is 9.11. The van der Waals surface area contributed by atoms with Crippen molar-refractivity contribution < 1.29 is 44.6 Å². The Morgan fingerprint density at radius 1 is 0.943 bits per heavy atom.